The van der Waals surface area contributed by atoms with Crippen molar-refractivity contribution >= 4 is 5.91 Å². The molecule has 154 valence electrons. The average molecular weight is 400 g/mol. The zero-order chi connectivity index (χ0) is 21.1. The zero-order valence-corrected chi connectivity index (χ0v) is 17.3. The van der Waals surface area contributed by atoms with E-state index in [0.29, 0.717) is 30.1 Å². The van der Waals surface area contributed by atoms with E-state index in [2.05, 4.69) is 5.32 Å². The van der Waals surface area contributed by atoms with Gasteiger partial charge in [-0.3, -0.25) is 9.59 Å². The summed E-state index contributed by atoms with van der Waals surface area (Å²) >= 11 is 0. The molecule has 1 aliphatic rings. The van der Waals surface area contributed by atoms with Crippen LogP contribution in [0.15, 0.2) is 29.1 Å². The second kappa shape index (κ2) is 8.43. The van der Waals surface area contributed by atoms with Gasteiger partial charge in [0.15, 0.2) is 17.2 Å². The van der Waals surface area contributed by atoms with Gasteiger partial charge in [0.2, 0.25) is 17.1 Å². The van der Waals surface area contributed by atoms with Crippen LogP contribution in [0.25, 0.3) is 11.1 Å². The Hall–Kier alpha value is -3.22. The molecule has 0 heterocycles. The maximum Gasteiger partial charge on any atom is 0.220 e. The Kier molecular flexibility index (Phi) is 5.96. The van der Waals surface area contributed by atoms with E-state index in [1.165, 1.54) is 20.1 Å². The second-order valence-electron chi connectivity index (χ2n) is 6.75. The van der Waals surface area contributed by atoms with Gasteiger partial charge < -0.3 is 24.3 Å². The fraction of sp³-hybridized carbons (Fsp3) is 0.364. The molecule has 2 aromatic carbocycles. The Labute approximate surface area is 169 Å². The molecule has 1 atom stereocenters. The quantitative estimate of drug-likeness (QED) is 0.777. The Balaban J connectivity index is 2.42. The molecule has 1 amide bonds. The molecular weight excluding hydrogens is 375 g/mol. The van der Waals surface area contributed by atoms with Crippen molar-refractivity contribution in [3.8, 4) is 34.1 Å². The standard InChI is InChI=1S/C22H25NO6/c1-12(24)23-16-8-6-13-10-19(27-3)21(28-4)22(29-5)20(13)14-7-9-17(25)18(26-2)11-15(14)16/h7,9-11,16H,6,8H2,1-5H3,(H,23,24)/t16-/m0/s1/i2+1. The van der Waals surface area contributed by atoms with Gasteiger partial charge in [-0.05, 0) is 53.8 Å². The summed E-state index contributed by atoms with van der Waals surface area (Å²) in [7, 11) is 6.14. The molecule has 0 saturated carbocycles. The molecule has 1 aliphatic carbocycles. The van der Waals surface area contributed by atoms with Crippen molar-refractivity contribution in [2.75, 3.05) is 28.4 Å². The van der Waals surface area contributed by atoms with Crippen molar-refractivity contribution in [1.82, 2.24) is 5.32 Å². The Morgan fingerprint density at radius 2 is 1.66 bits per heavy atom. The van der Waals surface area contributed by atoms with E-state index in [4.69, 9.17) is 18.9 Å². The first kappa shape index (κ1) is 20.5. The topological polar surface area (TPSA) is 83.1 Å². The summed E-state index contributed by atoms with van der Waals surface area (Å²) in [5.74, 6) is 1.61. The van der Waals surface area contributed by atoms with Gasteiger partial charge in [0, 0.05) is 12.5 Å². The Morgan fingerprint density at radius 3 is 2.24 bits per heavy atom. The van der Waals surface area contributed by atoms with Gasteiger partial charge in [-0.15, -0.1) is 0 Å². The lowest BCUT2D eigenvalue weighted by molar-refractivity contribution is -0.119. The molecule has 2 aromatic rings. The van der Waals surface area contributed by atoms with Crippen LogP contribution >= 0.6 is 0 Å². The Bertz CT molecular complexity index is 1000. The number of carbonyl (C=O) groups is 1. The van der Waals surface area contributed by atoms with Gasteiger partial charge in [0.1, 0.15) is 0 Å². The zero-order valence-electron chi connectivity index (χ0n) is 17.3. The molecule has 29 heavy (non-hydrogen) atoms. The molecule has 7 heteroatoms. The lowest BCUT2D eigenvalue weighted by Gasteiger charge is -2.19. The summed E-state index contributed by atoms with van der Waals surface area (Å²) in [6.45, 7) is 1.48. The first-order valence-electron chi connectivity index (χ1n) is 9.26. The minimum absolute atomic E-state index is 0.151. The summed E-state index contributed by atoms with van der Waals surface area (Å²) < 4.78 is 22.1. The van der Waals surface area contributed by atoms with E-state index >= 15 is 0 Å². The molecule has 0 saturated heterocycles. The smallest absolute Gasteiger partial charge is 0.220 e. The van der Waals surface area contributed by atoms with E-state index in [1.807, 2.05) is 6.07 Å². The molecule has 0 aliphatic heterocycles. The molecule has 1 N–H and O–H groups in total. The Morgan fingerprint density at radius 1 is 0.966 bits per heavy atom. The minimum Gasteiger partial charge on any atom is -0.493 e. The van der Waals surface area contributed by atoms with Crippen molar-refractivity contribution in [1.29, 1.82) is 0 Å². The predicted molar refractivity (Wildman–Crippen MR) is 109 cm³/mol. The fourth-order valence-electron chi connectivity index (χ4n) is 3.85. The summed E-state index contributed by atoms with van der Waals surface area (Å²) in [4.78, 5) is 24.3. The molecule has 7 nitrogen and oxygen atoms in total. The first-order chi connectivity index (χ1) is 13.9. The normalized spacial score (nSPS) is 14.7. The number of ether oxygens (including phenoxy) is 4. The number of methoxy groups -OCH3 is 4. The third-order valence-corrected chi connectivity index (χ3v) is 5.10. The van der Waals surface area contributed by atoms with Gasteiger partial charge in [-0.25, -0.2) is 0 Å². The third kappa shape index (κ3) is 3.72. The molecule has 0 aromatic heterocycles. The highest BCUT2D eigenvalue weighted by Gasteiger charge is 2.29. The number of rotatable bonds is 5. The molecule has 0 radical (unpaired) electrons. The summed E-state index contributed by atoms with van der Waals surface area (Å²) in [5.41, 5.74) is 3.10. The van der Waals surface area contributed by atoms with E-state index < -0.39 is 0 Å². The van der Waals surface area contributed by atoms with E-state index in [1.54, 1.807) is 33.5 Å². The van der Waals surface area contributed by atoms with Crippen LogP contribution in [0.4, 0.5) is 0 Å². The van der Waals surface area contributed by atoms with Crippen LogP contribution in [0.3, 0.4) is 0 Å². The van der Waals surface area contributed by atoms with Crippen molar-refractivity contribution in [2.24, 2.45) is 0 Å². The molecule has 0 bridgehead atoms. The predicted octanol–water partition coefficient (Wildman–Crippen LogP) is 2.87. The lowest BCUT2D eigenvalue weighted by Crippen LogP contribution is -2.26. The van der Waals surface area contributed by atoms with Gasteiger partial charge in [-0.1, -0.05) is 0 Å². The maximum absolute atomic E-state index is 12.4. The molecule has 0 spiro atoms. The van der Waals surface area contributed by atoms with Crippen LogP contribution < -0.4 is 29.7 Å². The highest BCUT2D eigenvalue weighted by atomic mass is 16.5. The molecule has 3 rings (SSSR count). The molecular formula is C22H25NO6. The van der Waals surface area contributed by atoms with Crippen LogP contribution in [0, 0.1) is 0 Å². The second-order valence-corrected chi connectivity index (χ2v) is 6.75. The van der Waals surface area contributed by atoms with Crippen molar-refractivity contribution in [2.45, 2.75) is 25.8 Å². The summed E-state index contributed by atoms with van der Waals surface area (Å²) in [6.07, 6.45) is 1.31. The summed E-state index contributed by atoms with van der Waals surface area (Å²) in [6, 6.07) is 6.53. The molecule has 0 unspecified atom stereocenters. The van der Waals surface area contributed by atoms with Gasteiger partial charge in [0.25, 0.3) is 0 Å². The number of nitrogens with one attached hydrogen (secondary N) is 1. The maximum atomic E-state index is 12.4. The van der Waals surface area contributed by atoms with E-state index in [-0.39, 0.29) is 23.1 Å². The molecule has 0 fully saturated rings. The SMILES string of the molecule is COc1cc2c(c(OC)c1OC)-c1ccc(=O)c(O[13CH3])cc1[C@@H](NC(C)=O)CC2. The van der Waals surface area contributed by atoms with Gasteiger partial charge >= 0.3 is 0 Å². The minimum atomic E-state index is -0.294. The first-order valence-corrected chi connectivity index (χ1v) is 9.26. The number of benzene rings is 1. The number of fused-ring (bicyclic) bond motifs is 3. The van der Waals surface area contributed by atoms with Crippen molar-refractivity contribution < 1.29 is 23.7 Å². The highest BCUT2D eigenvalue weighted by molar-refractivity contribution is 5.83. The third-order valence-electron chi connectivity index (χ3n) is 5.10. The largest absolute Gasteiger partial charge is 0.493 e. The van der Waals surface area contributed by atoms with Crippen LogP contribution in [0.2, 0.25) is 0 Å². The van der Waals surface area contributed by atoms with E-state index in [0.717, 1.165) is 22.3 Å². The van der Waals surface area contributed by atoms with E-state index in [9.17, 15) is 9.59 Å². The number of hydrogen-bond acceptors (Lipinski definition) is 6. The van der Waals surface area contributed by atoms with Crippen molar-refractivity contribution in [3.63, 3.8) is 0 Å². The number of hydrogen-bond donors (Lipinski definition) is 1. The van der Waals surface area contributed by atoms with Crippen LogP contribution in [-0.2, 0) is 11.2 Å². The van der Waals surface area contributed by atoms with Crippen molar-refractivity contribution in [3.05, 3.63) is 45.6 Å². The number of aryl methyl sites for hydroxylation is 1. The number of carbonyl (C=O) groups excluding carboxylic acids is 1. The average Bonchev–Trinajstić information content (AvgIpc) is 2.95. The monoisotopic (exact) mass is 400 g/mol. The highest BCUT2D eigenvalue weighted by Crippen LogP contribution is 2.50. The van der Waals surface area contributed by atoms with Crippen LogP contribution in [-0.4, -0.2) is 34.3 Å². The fourth-order valence-corrected chi connectivity index (χ4v) is 3.85. The van der Waals surface area contributed by atoms with Gasteiger partial charge in [-0.2, -0.15) is 0 Å². The van der Waals surface area contributed by atoms with Gasteiger partial charge in [0.05, 0.1) is 34.5 Å². The lowest BCUT2D eigenvalue weighted by atomic mass is 9.95. The summed E-state index contributed by atoms with van der Waals surface area (Å²) in [5, 5.41) is 2.99. The van der Waals surface area contributed by atoms with Crippen LogP contribution in [0.5, 0.6) is 23.0 Å². The number of amides is 1. The van der Waals surface area contributed by atoms with Crippen LogP contribution in [0.1, 0.15) is 30.5 Å².